The van der Waals surface area contributed by atoms with E-state index < -0.39 is 9.84 Å². The molecule has 1 N–H and O–H groups in total. The Kier molecular flexibility index (Phi) is 3.95. The average molecular weight is 320 g/mol. The zero-order valence-electron chi connectivity index (χ0n) is 12.6. The van der Waals surface area contributed by atoms with Crippen LogP contribution in [-0.2, 0) is 16.4 Å². The minimum Gasteiger partial charge on any atom is -0.352 e. The van der Waals surface area contributed by atoms with Gasteiger partial charge in [-0.15, -0.1) is 0 Å². The summed E-state index contributed by atoms with van der Waals surface area (Å²) in [5.74, 6) is 0.327. The van der Waals surface area contributed by atoms with Crippen LogP contribution in [0.4, 0.5) is 0 Å². The molecular weight excluding hydrogens is 300 g/mol. The molecule has 3 rings (SSSR count). The Labute approximate surface area is 130 Å². The number of hydrogen-bond donors (Lipinski definition) is 1. The third kappa shape index (κ3) is 2.88. The second-order valence-electron chi connectivity index (χ2n) is 5.83. The standard InChI is InChI=1S/C16H20N2O3S/c1-2-18-10-14(13-5-3-4-6-15(13)18)16(19)17-9-12-7-8-22(20,21)11-12/h3-6,10,12H,2,7-9,11H2,1H3,(H,17,19). The van der Waals surface area contributed by atoms with Crippen molar-refractivity contribution in [3.05, 3.63) is 36.0 Å². The topological polar surface area (TPSA) is 68.2 Å². The molecule has 1 atom stereocenters. The molecular formula is C16H20N2O3S. The van der Waals surface area contributed by atoms with Crippen LogP contribution in [0.2, 0.25) is 0 Å². The lowest BCUT2D eigenvalue weighted by atomic mass is 10.1. The summed E-state index contributed by atoms with van der Waals surface area (Å²) in [6.07, 6.45) is 2.50. The molecule has 1 saturated heterocycles. The van der Waals surface area contributed by atoms with Crippen molar-refractivity contribution in [3.8, 4) is 0 Å². The summed E-state index contributed by atoms with van der Waals surface area (Å²) in [6, 6.07) is 7.82. The molecule has 22 heavy (non-hydrogen) atoms. The van der Waals surface area contributed by atoms with Crippen molar-refractivity contribution >= 4 is 26.6 Å². The van der Waals surface area contributed by atoms with Crippen LogP contribution >= 0.6 is 0 Å². The Bertz CT molecular complexity index is 808. The van der Waals surface area contributed by atoms with E-state index in [0.29, 0.717) is 18.5 Å². The second kappa shape index (κ2) is 5.76. The highest BCUT2D eigenvalue weighted by molar-refractivity contribution is 7.91. The predicted octanol–water partition coefficient (Wildman–Crippen LogP) is 1.83. The summed E-state index contributed by atoms with van der Waals surface area (Å²) in [7, 11) is -2.90. The number of rotatable bonds is 4. The summed E-state index contributed by atoms with van der Waals surface area (Å²) >= 11 is 0. The molecule has 0 aliphatic carbocycles. The first-order valence-electron chi connectivity index (χ1n) is 7.56. The number of carbonyl (C=O) groups excluding carboxylic acids is 1. The number of carbonyl (C=O) groups is 1. The SMILES string of the molecule is CCn1cc(C(=O)NCC2CCS(=O)(=O)C2)c2ccccc21. The van der Waals surface area contributed by atoms with E-state index in [2.05, 4.69) is 5.32 Å². The Morgan fingerprint density at radius 3 is 2.82 bits per heavy atom. The van der Waals surface area contributed by atoms with Crippen molar-refractivity contribution in [2.45, 2.75) is 19.9 Å². The summed E-state index contributed by atoms with van der Waals surface area (Å²) in [4.78, 5) is 12.4. The van der Waals surface area contributed by atoms with Crippen molar-refractivity contribution in [1.82, 2.24) is 9.88 Å². The monoisotopic (exact) mass is 320 g/mol. The molecule has 1 aromatic heterocycles. The highest BCUT2D eigenvalue weighted by Crippen LogP contribution is 2.22. The maximum atomic E-state index is 12.4. The van der Waals surface area contributed by atoms with Crippen LogP contribution in [0.25, 0.3) is 10.9 Å². The molecule has 1 unspecified atom stereocenters. The highest BCUT2D eigenvalue weighted by Gasteiger charge is 2.28. The minimum atomic E-state index is -2.90. The molecule has 1 aliphatic rings. The number of nitrogens with zero attached hydrogens (tertiary/aromatic N) is 1. The van der Waals surface area contributed by atoms with Gasteiger partial charge < -0.3 is 9.88 Å². The van der Waals surface area contributed by atoms with Gasteiger partial charge in [-0.1, -0.05) is 18.2 Å². The van der Waals surface area contributed by atoms with Crippen LogP contribution < -0.4 is 5.32 Å². The molecule has 6 heteroatoms. The first-order valence-corrected chi connectivity index (χ1v) is 9.39. The quantitative estimate of drug-likeness (QED) is 0.934. The van der Waals surface area contributed by atoms with Gasteiger partial charge in [-0.2, -0.15) is 0 Å². The predicted molar refractivity (Wildman–Crippen MR) is 86.7 cm³/mol. The average Bonchev–Trinajstić information content (AvgIpc) is 3.05. The van der Waals surface area contributed by atoms with E-state index in [1.54, 1.807) is 0 Å². The van der Waals surface area contributed by atoms with Gasteiger partial charge in [-0.25, -0.2) is 8.42 Å². The fourth-order valence-corrected chi connectivity index (χ4v) is 4.92. The third-order valence-corrected chi connectivity index (χ3v) is 6.09. The maximum Gasteiger partial charge on any atom is 0.253 e. The number of aromatic nitrogens is 1. The van der Waals surface area contributed by atoms with Crippen molar-refractivity contribution in [2.24, 2.45) is 5.92 Å². The fourth-order valence-electron chi connectivity index (χ4n) is 3.05. The van der Waals surface area contributed by atoms with Crippen LogP contribution in [0, 0.1) is 5.92 Å². The van der Waals surface area contributed by atoms with E-state index in [1.165, 1.54) is 0 Å². The molecule has 1 amide bonds. The highest BCUT2D eigenvalue weighted by atomic mass is 32.2. The maximum absolute atomic E-state index is 12.4. The molecule has 0 spiro atoms. The fraction of sp³-hybridized carbons (Fsp3) is 0.438. The van der Waals surface area contributed by atoms with Gasteiger partial charge in [0.1, 0.15) is 0 Å². The van der Waals surface area contributed by atoms with Gasteiger partial charge in [-0.3, -0.25) is 4.79 Å². The van der Waals surface area contributed by atoms with Crippen molar-refractivity contribution in [1.29, 1.82) is 0 Å². The Balaban J connectivity index is 1.76. The zero-order valence-corrected chi connectivity index (χ0v) is 13.4. The van der Waals surface area contributed by atoms with Gasteiger partial charge in [0.25, 0.3) is 5.91 Å². The van der Waals surface area contributed by atoms with E-state index in [-0.39, 0.29) is 23.3 Å². The van der Waals surface area contributed by atoms with Gasteiger partial charge in [0, 0.05) is 30.2 Å². The van der Waals surface area contributed by atoms with Gasteiger partial charge in [0.05, 0.1) is 17.1 Å². The molecule has 0 radical (unpaired) electrons. The third-order valence-electron chi connectivity index (χ3n) is 4.25. The molecule has 118 valence electrons. The molecule has 5 nitrogen and oxygen atoms in total. The normalized spacial score (nSPS) is 20.3. The lowest BCUT2D eigenvalue weighted by Gasteiger charge is -2.09. The Morgan fingerprint density at radius 1 is 1.36 bits per heavy atom. The van der Waals surface area contributed by atoms with Crippen molar-refractivity contribution in [3.63, 3.8) is 0 Å². The van der Waals surface area contributed by atoms with E-state index in [1.807, 2.05) is 42.0 Å². The number of aryl methyl sites for hydroxylation is 1. The first-order chi connectivity index (χ1) is 10.5. The smallest absolute Gasteiger partial charge is 0.253 e. The van der Waals surface area contributed by atoms with Crippen molar-refractivity contribution < 1.29 is 13.2 Å². The number of para-hydroxylation sites is 1. The molecule has 2 aromatic rings. The number of amides is 1. The van der Waals surface area contributed by atoms with E-state index >= 15 is 0 Å². The van der Waals surface area contributed by atoms with Crippen molar-refractivity contribution in [2.75, 3.05) is 18.1 Å². The number of nitrogens with one attached hydrogen (secondary N) is 1. The minimum absolute atomic E-state index is 0.0356. The van der Waals surface area contributed by atoms with E-state index in [0.717, 1.165) is 17.4 Å². The molecule has 1 aliphatic heterocycles. The van der Waals surface area contributed by atoms with Crippen LogP contribution in [0.5, 0.6) is 0 Å². The van der Waals surface area contributed by atoms with Crippen LogP contribution in [-0.4, -0.2) is 36.9 Å². The Morgan fingerprint density at radius 2 is 2.14 bits per heavy atom. The number of benzene rings is 1. The second-order valence-corrected chi connectivity index (χ2v) is 8.05. The number of hydrogen-bond acceptors (Lipinski definition) is 3. The largest absolute Gasteiger partial charge is 0.352 e. The lowest BCUT2D eigenvalue weighted by Crippen LogP contribution is -2.29. The van der Waals surface area contributed by atoms with Gasteiger partial charge in [0.2, 0.25) is 0 Å². The van der Waals surface area contributed by atoms with Crippen LogP contribution in [0.15, 0.2) is 30.5 Å². The number of sulfone groups is 1. The summed E-state index contributed by atoms with van der Waals surface area (Å²) in [6.45, 7) is 3.26. The molecule has 0 bridgehead atoms. The summed E-state index contributed by atoms with van der Waals surface area (Å²) in [5.41, 5.74) is 1.69. The Hall–Kier alpha value is -1.82. The summed E-state index contributed by atoms with van der Waals surface area (Å²) < 4.78 is 25.0. The lowest BCUT2D eigenvalue weighted by molar-refractivity contribution is 0.0950. The summed E-state index contributed by atoms with van der Waals surface area (Å²) in [5, 5.41) is 3.82. The van der Waals surface area contributed by atoms with Crippen LogP contribution in [0.1, 0.15) is 23.7 Å². The molecule has 2 heterocycles. The first kappa shape index (κ1) is 15.1. The molecule has 0 saturated carbocycles. The van der Waals surface area contributed by atoms with E-state index in [4.69, 9.17) is 0 Å². The van der Waals surface area contributed by atoms with Crippen LogP contribution in [0.3, 0.4) is 0 Å². The molecule has 1 fully saturated rings. The van der Waals surface area contributed by atoms with Gasteiger partial charge in [-0.05, 0) is 25.3 Å². The number of fused-ring (bicyclic) bond motifs is 1. The molecule has 1 aromatic carbocycles. The van der Waals surface area contributed by atoms with Gasteiger partial charge in [0.15, 0.2) is 9.84 Å². The van der Waals surface area contributed by atoms with E-state index in [9.17, 15) is 13.2 Å². The zero-order chi connectivity index (χ0) is 15.7. The van der Waals surface area contributed by atoms with Gasteiger partial charge >= 0.3 is 0 Å².